The number of fused-ring (bicyclic) bond motifs is 2. The zero-order valence-electron chi connectivity index (χ0n) is 14.9. The Bertz CT molecular complexity index is 686. The van der Waals surface area contributed by atoms with Crippen LogP contribution in [0, 0.1) is 5.92 Å². The molecule has 1 N–H and O–H groups in total. The molecule has 142 valence electrons. The third-order valence-electron chi connectivity index (χ3n) is 5.95. The van der Waals surface area contributed by atoms with Crippen molar-refractivity contribution in [1.82, 2.24) is 4.90 Å². The molecule has 1 amide bonds. The average molecular weight is 379 g/mol. The second kappa shape index (κ2) is 7.29. The van der Waals surface area contributed by atoms with Crippen molar-refractivity contribution in [2.45, 2.75) is 44.1 Å². The highest BCUT2D eigenvalue weighted by Gasteiger charge is 2.43. The van der Waals surface area contributed by atoms with Crippen LogP contribution in [0.5, 0.6) is 0 Å². The van der Waals surface area contributed by atoms with Crippen LogP contribution < -0.4 is 0 Å². The van der Waals surface area contributed by atoms with E-state index in [0.29, 0.717) is 36.9 Å². The molecule has 1 aromatic rings. The van der Waals surface area contributed by atoms with Crippen molar-refractivity contribution in [3.05, 3.63) is 21.4 Å². The lowest BCUT2D eigenvalue weighted by Gasteiger charge is -2.44. The van der Waals surface area contributed by atoms with Gasteiger partial charge in [-0.3, -0.25) is 4.79 Å². The molecule has 2 fully saturated rings. The van der Waals surface area contributed by atoms with E-state index in [-0.39, 0.29) is 5.91 Å². The number of carbonyl (C=O) groups excluding carboxylic acids is 1. The van der Waals surface area contributed by atoms with E-state index in [9.17, 15) is 14.7 Å². The Morgan fingerprint density at radius 2 is 1.96 bits per heavy atom. The van der Waals surface area contributed by atoms with Gasteiger partial charge in [0.1, 0.15) is 4.88 Å². The van der Waals surface area contributed by atoms with Gasteiger partial charge in [-0.1, -0.05) is 0 Å². The summed E-state index contributed by atoms with van der Waals surface area (Å²) >= 11 is 1.37. The topological polar surface area (TPSA) is 76.1 Å². The SMILES string of the molecule is O=C(O)c1cc2c(s1)CCOC21CCN(C(=O)CC2CCOCC2)CC1. The van der Waals surface area contributed by atoms with Crippen LogP contribution in [0.25, 0.3) is 0 Å². The van der Waals surface area contributed by atoms with Crippen LogP contribution >= 0.6 is 11.3 Å². The number of hydrogen-bond donors (Lipinski definition) is 1. The lowest BCUT2D eigenvalue weighted by molar-refractivity contribution is -0.142. The minimum absolute atomic E-state index is 0.235. The minimum atomic E-state index is -0.872. The highest BCUT2D eigenvalue weighted by molar-refractivity contribution is 7.14. The van der Waals surface area contributed by atoms with Crippen LogP contribution in [0.15, 0.2) is 6.07 Å². The Labute approximate surface area is 157 Å². The first kappa shape index (κ1) is 17.9. The molecule has 1 aromatic heterocycles. The van der Waals surface area contributed by atoms with Crippen LogP contribution in [-0.4, -0.2) is 54.8 Å². The Hall–Kier alpha value is -1.44. The molecule has 0 aromatic carbocycles. The van der Waals surface area contributed by atoms with Crippen molar-refractivity contribution in [1.29, 1.82) is 0 Å². The molecular weight excluding hydrogens is 354 g/mol. The van der Waals surface area contributed by atoms with Gasteiger partial charge in [-0.05, 0) is 43.2 Å². The summed E-state index contributed by atoms with van der Waals surface area (Å²) in [6.07, 6.45) is 4.84. The number of thiophene rings is 1. The molecule has 0 unspecified atom stereocenters. The summed E-state index contributed by atoms with van der Waals surface area (Å²) in [5, 5.41) is 9.30. The summed E-state index contributed by atoms with van der Waals surface area (Å²) in [4.78, 5) is 27.5. The summed E-state index contributed by atoms with van der Waals surface area (Å²) in [6.45, 7) is 3.52. The number of ether oxygens (including phenoxy) is 2. The lowest BCUT2D eigenvalue weighted by Crippen LogP contribution is -2.48. The van der Waals surface area contributed by atoms with Gasteiger partial charge >= 0.3 is 5.97 Å². The van der Waals surface area contributed by atoms with E-state index in [1.54, 1.807) is 6.07 Å². The third kappa shape index (κ3) is 3.40. The summed E-state index contributed by atoms with van der Waals surface area (Å²) in [5.74, 6) is -0.192. The molecule has 6 nitrogen and oxygen atoms in total. The number of nitrogens with zero attached hydrogens (tertiary/aromatic N) is 1. The van der Waals surface area contributed by atoms with Crippen molar-refractivity contribution in [3.8, 4) is 0 Å². The van der Waals surface area contributed by atoms with Gasteiger partial charge in [-0.15, -0.1) is 11.3 Å². The van der Waals surface area contributed by atoms with Gasteiger partial charge in [0.2, 0.25) is 5.91 Å². The number of piperidine rings is 1. The first-order valence-corrected chi connectivity index (χ1v) is 10.2. The third-order valence-corrected chi connectivity index (χ3v) is 7.13. The number of aromatic carboxylic acids is 1. The maximum Gasteiger partial charge on any atom is 0.345 e. The molecule has 0 atom stereocenters. The molecule has 0 aliphatic carbocycles. The van der Waals surface area contributed by atoms with E-state index in [0.717, 1.165) is 55.8 Å². The summed E-state index contributed by atoms with van der Waals surface area (Å²) in [7, 11) is 0. The number of amides is 1. The molecule has 3 aliphatic heterocycles. The summed E-state index contributed by atoms with van der Waals surface area (Å²) < 4.78 is 11.5. The molecule has 4 heterocycles. The maximum atomic E-state index is 12.6. The van der Waals surface area contributed by atoms with E-state index in [2.05, 4.69) is 0 Å². The molecule has 0 saturated carbocycles. The number of carboxylic acids is 1. The van der Waals surface area contributed by atoms with Crippen molar-refractivity contribution in [2.24, 2.45) is 5.92 Å². The Morgan fingerprint density at radius 1 is 1.23 bits per heavy atom. The Kier molecular flexibility index (Phi) is 5.03. The highest BCUT2D eigenvalue weighted by atomic mass is 32.1. The van der Waals surface area contributed by atoms with Crippen LogP contribution in [0.3, 0.4) is 0 Å². The van der Waals surface area contributed by atoms with E-state index in [1.165, 1.54) is 11.3 Å². The monoisotopic (exact) mass is 379 g/mol. The van der Waals surface area contributed by atoms with Gasteiger partial charge in [-0.25, -0.2) is 4.79 Å². The molecule has 26 heavy (non-hydrogen) atoms. The molecule has 4 rings (SSSR count). The molecule has 7 heteroatoms. The summed E-state index contributed by atoms with van der Waals surface area (Å²) in [5.41, 5.74) is 0.635. The van der Waals surface area contributed by atoms with Gasteiger partial charge in [0.25, 0.3) is 0 Å². The average Bonchev–Trinajstić information content (AvgIpc) is 3.10. The van der Waals surface area contributed by atoms with Crippen molar-refractivity contribution in [2.75, 3.05) is 32.9 Å². The summed E-state index contributed by atoms with van der Waals surface area (Å²) in [6, 6.07) is 1.79. The molecule has 0 radical (unpaired) electrons. The highest BCUT2D eigenvalue weighted by Crippen LogP contribution is 2.44. The van der Waals surface area contributed by atoms with E-state index in [1.807, 2.05) is 4.90 Å². The van der Waals surface area contributed by atoms with Gasteiger partial charge in [-0.2, -0.15) is 0 Å². The first-order chi connectivity index (χ1) is 12.6. The molecule has 2 saturated heterocycles. The second-order valence-electron chi connectivity index (χ2n) is 7.49. The van der Waals surface area contributed by atoms with Gasteiger partial charge < -0.3 is 19.5 Å². The predicted molar refractivity (Wildman–Crippen MR) is 96.6 cm³/mol. The van der Waals surface area contributed by atoms with Crippen LogP contribution in [-0.2, 0) is 26.3 Å². The Balaban J connectivity index is 1.42. The smallest absolute Gasteiger partial charge is 0.345 e. The van der Waals surface area contributed by atoms with E-state index >= 15 is 0 Å². The van der Waals surface area contributed by atoms with Crippen LogP contribution in [0.1, 0.15) is 52.2 Å². The van der Waals surface area contributed by atoms with Crippen molar-refractivity contribution >= 4 is 23.2 Å². The normalized spacial score (nSPS) is 23.0. The second-order valence-corrected chi connectivity index (χ2v) is 8.62. The fourth-order valence-electron chi connectivity index (χ4n) is 4.38. The molecular formula is C19H25NO5S. The van der Waals surface area contributed by atoms with Crippen LogP contribution in [0.2, 0.25) is 0 Å². The number of carbonyl (C=O) groups is 2. The standard InChI is InChI=1S/C19H25NO5S/c21-17(11-13-1-8-24-9-2-13)20-6-4-19(5-7-20)14-12-16(18(22)23)26-15(14)3-10-25-19/h12-13H,1-11H2,(H,22,23). The quantitative estimate of drug-likeness (QED) is 0.874. The lowest BCUT2D eigenvalue weighted by atomic mass is 9.82. The molecule has 0 bridgehead atoms. The van der Waals surface area contributed by atoms with Gasteiger partial charge in [0, 0.05) is 44.0 Å². The fourth-order valence-corrected chi connectivity index (χ4v) is 5.45. The van der Waals surface area contributed by atoms with Crippen molar-refractivity contribution in [3.63, 3.8) is 0 Å². The zero-order valence-corrected chi connectivity index (χ0v) is 15.7. The van der Waals surface area contributed by atoms with Crippen LogP contribution in [0.4, 0.5) is 0 Å². The minimum Gasteiger partial charge on any atom is -0.477 e. The zero-order chi connectivity index (χ0) is 18.1. The Morgan fingerprint density at radius 3 is 2.65 bits per heavy atom. The number of hydrogen-bond acceptors (Lipinski definition) is 5. The predicted octanol–water partition coefficient (Wildman–Crippen LogP) is 2.65. The molecule has 1 spiro atoms. The van der Waals surface area contributed by atoms with Gasteiger partial charge in [0.15, 0.2) is 0 Å². The number of carboxylic acid groups (broad SMARTS) is 1. The van der Waals surface area contributed by atoms with Gasteiger partial charge in [0.05, 0.1) is 12.2 Å². The maximum absolute atomic E-state index is 12.6. The first-order valence-electron chi connectivity index (χ1n) is 9.43. The fraction of sp³-hybridized carbons (Fsp3) is 0.684. The van der Waals surface area contributed by atoms with E-state index in [4.69, 9.17) is 9.47 Å². The largest absolute Gasteiger partial charge is 0.477 e. The number of likely N-dealkylation sites (tertiary alicyclic amines) is 1. The van der Waals surface area contributed by atoms with E-state index < -0.39 is 11.6 Å². The molecule has 3 aliphatic rings. The van der Waals surface area contributed by atoms with Crippen molar-refractivity contribution < 1.29 is 24.2 Å². The number of rotatable bonds is 3.